The van der Waals surface area contributed by atoms with Crippen LogP contribution in [0.5, 0.6) is 5.75 Å². The van der Waals surface area contributed by atoms with Gasteiger partial charge in [-0.05, 0) is 70.8 Å². The average Bonchev–Trinajstić information content (AvgIpc) is 2.55. The first kappa shape index (κ1) is 12.7. The molecule has 1 aliphatic rings. The Balaban J connectivity index is 2.25. The van der Waals surface area contributed by atoms with Crippen LogP contribution in [0.25, 0.3) is 21.5 Å². The maximum Gasteiger partial charge on any atom is 0.125 e. The minimum absolute atomic E-state index is 1.12. The lowest BCUT2D eigenvalue weighted by Gasteiger charge is -2.24. The summed E-state index contributed by atoms with van der Waals surface area (Å²) < 4.78 is 5.76. The molecule has 1 nitrogen and oxygen atoms in total. The zero-order valence-corrected chi connectivity index (χ0v) is 12.7. The summed E-state index contributed by atoms with van der Waals surface area (Å²) in [5.41, 5.74) is 4.26. The molecule has 0 aromatic heterocycles. The fraction of sp³-hybridized carbons (Fsp3) is 0.300. The van der Waals surface area contributed by atoms with Crippen LogP contribution in [0.1, 0.15) is 29.5 Å². The third kappa shape index (κ3) is 1.77. The van der Waals surface area contributed by atoms with Crippen molar-refractivity contribution in [3.63, 3.8) is 0 Å². The van der Waals surface area contributed by atoms with E-state index in [1.165, 1.54) is 57.5 Å². The predicted molar refractivity (Wildman–Crippen MR) is 89.4 cm³/mol. The molecule has 0 bridgehead atoms. The first-order chi connectivity index (χ1) is 10.3. The Hall–Kier alpha value is -2.02. The predicted octanol–water partition coefficient (Wildman–Crippen LogP) is 5.19. The second kappa shape index (κ2) is 4.77. The van der Waals surface area contributed by atoms with Crippen LogP contribution in [-0.2, 0) is 12.8 Å². The molecule has 0 saturated carbocycles. The summed E-state index contributed by atoms with van der Waals surface area (Å²) in [7, 11) is 1.81. The Labute approximate surface area is 125 Å². The molecule has 106 valence electrons. The molecule has 0 fully saturated rings. The molecule has 0 spiro atoms. The number of ether oxygens (including phenoxy) is 1. The minimum Gasteiger partial charge on any atom is -0.496 e. The van der Waals surface area contributed by atoms with E-state index in [0.29, 0.717) is 0 Å². The molecule has 0 unspecified atom stereocenters. The van der Waals surface area contributed by atoms with Gasteiger partial charge in [-0.15, -0.1) is 0 Å². The number of aryl methyl sites for hydroxylation is 2. The highest BCUT2D eigenvalue weighted by Crippen LogP contribution is 2.42. The number of benzene rings is 3. The van der Waals surface area contributed by atoms with Crippen LogP contribution in [0.3, 0.4) is 0 Å². The molecule has 3 aromatic rings. The van der Waals surface area contributed by atoms with E-state index in [0.717, 1.165) is 12.2 Å². The maximum absolute atomic E-state index is 5.76. The molecule has 0 radical (unpaired) electrons. The highest BCUT2D eigenvalue weighted by Gasteiger charge is 2.21. The molecule has 0 aliphatic heterocycles. The Morgan fingerprint density at radius 2 is 1.62 bits per heavy atom. The van der Waals surface area contributed by atoms with Crippen molar-refractivity contribution in [3.05, 3.63) is 53.1 Å². The van der Waals surface area contributed by atoms with E-state index < -0.39 is 0 Å². The van der Waals surface area contributed by atoms with E-state index in [9.17, 15) is 0 Å². The van der Waals surface area contributed by atoms with Gasteiger partial charge in [-0.2, -0.15) is 0 Å². The summed E-state index contributed by atoms with van der Waals surface area (Å²) in [6.45, 7) is 2.20. The van der Waals surface area contributed by atoms with Crippen LogP contribution in [0.15, 0.2) is 36.4 Å². The van der Waals surface area contributed by atoms with E-state index in [4.69, 9.17) is 4.74 Å². The number of hydrogen-bond donors (Lipinski definition) is 0. The van der Waals surface area contributed by atoms with Crippen molar-refractivity contribution in [2.75, 3.05) is 7.11 Å². The third-order valence-corrected chi connectivity index (χ3v) is 4.92. The molecule has 0 heterocycles. The van der Waals surface area contributed by atoms with E-state index in [1.807, 2.05) is 7.11 Å². The monoisotopic (exact) mass is 276 g/mol. The number of hydrogen-bond acceptors (Lipinski definition) is 1. The van der Waals surface area contributed by atoms with E-state index in [2.05, 4.69) is 43.3 Å². The maximum atomic E-state index is 5.76. The van der Waals surface area contributed by atoms with Crippen LogP contribution < -0.4 is 4.74 Å². The van der Waals surface area contributed by atoms with Crippen molar-refractivity contribution in [3.8, 4) is 5.75 Å². The van der Waals surface area contributed by atoms with Gasteiger partial charge >= 0.3 is 0 Å². The second-order valence-electron chi connectivity index (χ2n) is 6.03. The molecule has 0 saturated heterocycles. The molecule has 21 heavy (non-hydrogen) atoms. The highest BCUT2D eigenvalue weighted by molar-refractivity contribution is 6.11. The van der Waals surface area contributed by atoms with Gasteiger partial charge in [0.1, 0.15) is 5.75 Å². The normalized spacial score (nSPS) is 14.4. The van der Waals surface area contributed by atoms with E-state index in [1.54, 1.807) is 0 Å². The molecular weight excluding hydrogens is 256 g/mol. The third-order valence-electron chi connectivity index (χ3n) is 4.92. The van der Waals surface area contributed by atoms with Gasteiger partial charge in [0.2, 0.25) is 0 Å². The molecular formula is C20H20O. The van der Waals surface area contributed by atoms with Gasteiger partial charge in [0.25, 0.3) is 0 Å². The smallest absolute Gasteiger partial charge is 0.125 e. The first-order valence-electron chi connectivity index (χ1n) is 7.81. The fourth-order valence-electron chi connectivity index (χ4n) is 3.97. The lowest BCUT2D eigenvalue weighted by molar-refractivity contribution is 0.404. The van der Waals surface area contributed by atoms with Crippen LogP contribution >= 0.6 is 0 Å². The average molecular weight is 276 g/mol. The van der Waals surface area contributed by atoms with E-state index in [-0.39, 0.29) is 0 Å². The van der Waals surface area contributed by atoms with Crippen molar-refractivity contribution in [1.82, 2.24) is 0 Å². The largest absolute Gasteiger partial charge is 0.496 e. The molecule has 3 aromatic carbocycles. The number of methoxy groups -OCH3 is 1. The van der Waals surface area contributed by atoms with Crippen LogP contribution in [0, 0.1) is 6.92 Å². The van der Waals surface area contributed by atoms with Crippen LogP contribution in [-0.4, -0.2) is 7.11 Å². The van der Waals surface area contributed by atoms with Gasteiger partial charge in [0.05, 0.1) is 7.11 Å². The van der Waals surface area contributed by atoms with Gasteiger partial charge in [-0.3, -0.25) is 0 Å². The van der Waals surface area contributed by atoms with Gasteiger partial charge in [0.15, 0.2) is 0 Å². The van der Waals surface area contributed by atoms with Gasteiger partial charge in [0, 0.05) is 0 Å². The summed E-state index contributed by atoms with van der Waals surface area (Å²) in [5, 5.41) is 5.54. The van der Waals surface area contributed by atoms with Crippen molar-refractivity contribution >= 4 is 21.5 Å². The minimum atomic E-state index is 1.12. The SMILES string of the molecule is COc1c2c(c3c(ccc4ccccc43)c1C)CCCC2. The van der Waals surface area contributed by atoms with Gasteiger partial charge in [-0.1, -0.05) is 36.4 Å². The van der Waals surface area contributed by atoms with Crippen LogP contribution in [0.4, 0.5) is 0 Å². The van der Waals surface area contributed by atoms with E-state index >= 15 is 0 Å². The summed E-state index contributed by atoms with van der Waals surface area (Å²) in [6, 6.07) is 13.2. The van der Waals surface area contributed by atoms with Crippen molar-refractivity contribution in [2.45, 2.75) is 32.6 Å². The Morgan fingerprint density at radius 3 is 2.43 bits per heavy atom. The zero-order valence-electron chi connectivity index (χ0n) is 12.7. The van der Waals surface area contributed by atoms with Crippen LogP contribution in [0.2, 0.25) is 0 Å². The summed E-state index contributed by atoms with van der Waals surface area (Å²) in [6.07, 6.45) is 4.89. The fourth-order valence-corrected chi connectivity index (χ4v) is 3.97. The topological polar surface area (TPSA) is 9.23 Å². The van der Waals surface area contributed by atoms with Gasteiger partial charge in [-0.25, -0.2) is 0 Å². The Morgan fingerprint density at radius 1 is 0.857 bits per heavy atom. The highest BCUT2D eigenvalue weighted by atomic mass is 16.5. The molecule has 4 rings (SSSR count). The molecule has 0 amide bonds. The lowest BCUT2D eigenvalue weighted by atomic mass is 9.83. The van der Waals surface area contributed by atoms with Gasteiger partial charge < -0.3 is 4.74 Å². The second-order valence-corrected chi connectivity index (χ2v) is 6.03. The molecule has 0 N–H and O–H groups in total. The van der Waals surface area contributed by atoms with Crippen molar-refractivity contribution in [1.29, 1.82) is 0 Å². The van der Waals surface area contributed by atoms with Crippen molar-refractivity contribution in [2.24, 2.45) is 0 Å². The Bertz CT molecular complexity index is 845. The standard InChI is InChI=1S/C20H20O/c1-13-15-12-11-14-7-3-4-8-16(14)19(15)17-9-5-6-10-18(17)20(13)21-2/h3-4,7-8,11-12H,5-6,9-10H2,1-2H3. The summed E-state index contributed by atoms with van der Waals surface area (Å²) in [4.78, 5) is 0. The molecule has 1 aliphatic carbocycles. The lowest BCUT2D eigenvalue weighted by Crippen LogP contribution is -2.08. The number of rotatable bonds is 1. The first-order valence-corrected chi connectivity index (χ1v) is 7.81. The number of fused-ring (bicyclic) bond motifs is 5. The zero-order chi connectivity index (χ0) is 14.4. The summed E-state index contributed by atoms with van der Waals surface area (Å²) >= 11 is 0. The Kier molecular flexibility index (Phi) is 2.88. The molecule has 1 heteroatoms. The summed E-state index contributed by atoms with van der Waals surface area (Å²) in [5.74, 6) is 1.12. The quantitative estimate of drug-likeness (QED) is 0.556. The molecule has 0 atom stereocenters. The van der Waals surface area contributed by atoms with Crippen molar-refractivity contribution < 1.29 is 4.74 Å².